The van der Waals surface area contributed by atoms with Crippen LogP contribution < -0.4 is 4.72 Å². The number of hydrogen-bond acceptors (Lipinski definition) is 4. The molecule has 2 aromatic rings. The van der Waals surface area contributed by atoms with E-state index in [0.717, 1.165) is 18.5 Å². The lowest BCUT2D eigenvalue weighted by Gasteiger charge is -2.34. The molecule has 0 saturated heterocycles. The van der Waals surface area contributed by atoms with E-state index in [-0.39, 0.29) is 17.1 Å². The van der Waals surface area contributed by atoms with Crippen molar-refractivity contribution in [3.05, 3.63) is 53.6 Å². The second-order valence-electron chi connectivity index (χ2n) is 7.11. The standard InChI is InChI=1S/C18H23FN4O2S/c19-18-4-2-1-3-14(18)11-22-12-15-7-9-20-23(15)16(13-22)8-10-21-26(24,25)17-5-6-17/h1-4,7,9,16-17,21H,5-6,8,10-13H2. The zero-order valence-electron chi connectivity index (χ0n) is 14.5. The number of nitrogens with zero attached hydrogens (tertiary/aromatic N) is 3. The van der Waals surface area contributed by atoms with Crippen LogP contribution in [0, 0.1) is 5.82 Å². The minimum absolute atomic E-state index is 0.0717. The third-order valence-corrected chi connectivity index (χ3v) is 7.00. The third-order valence-electron chi connectivity index (χ3n) is 5.05. The molecular formula is C18H23FN4O2S. The van der Waals surface area contributed by atoms with Crippen LogP contribution in [0.4, 0.5) is 4.39 Å². The molecule has 2 heterocycles. The summed E-state index contributed by atoms with van der Waals surface area (Å²) in [7, 11) is -3.16. The van der Waals surface area contributed by atoms with Crippen LogP contribution >= 0.6 is 0 Å². The van der Waals surface area contributed by atoms with Gasteiger partial charge in [-0.05, 0) is 31.4 Å². The molecule has 1 aliphatic heterocycles. The van der Waals surface area contributed by atoms with Crippen molar-refractivity contribution in [3.63, 3.8) is 0 Å². The molecule has 8 heteroatoms. The molecule has 0 amide bonds. The normalized spacial score (nSPS) is 20.9. The van der Waals surface area contributed by atoms with Gasteiger partial charge in [0.15, 0.2) is 0 Å². The van der Waals surface area contributed by atoms with E-state index >= 15 is 0 Å². The number of nitrogens with one attached hydrogen (secondary N) is 1. The molecule has 140 valence electrons. The second-order valence-corrected chi connectivity index (χ2v) is 9.15. The lowest BCUT2D eigenvalue weighted by Crippen LogP contribution is -2.39. The Morgan fingerprint density at radius 2 is 2.04 bits per heavy atom. The summed E-state index contributed by atoms with van der Waals surface area (Å²) in [4.78, 5) is 2.19. The molecule has 0 radical (unpaired) electrons. The van der Waals surface area contributed by atoms with Gasteiger partial charge in [0.2, 0.25) is 10.0 Å². The monoisotopic (exact) mass is 378 g/mol. The Morgan fingerprint density at radius 1 is 1.23 bits per heavy atom. The first kappa shape index (κ1) is 17.6. The number of halogens is 1. The maximum Gasteiger partial charge on any atom is 0.214 e. The highest BCUT2D eigenvalue weighted by atomic mass is 32.2. The lowest BCUT2D eigenvalue weighted by molar-refractivity contribution is 0.160. The van der Waals surface area contributed by atoms with E-state index in [9.17, 15) is 12.8 Å². The Kier molecular flexibility index (Phi) is 4.81. The molecule has 6 nitrogen and oxygen atoms in total. The topological polar surface area (TPSA) is 67.2 Å². The van der Waals surface area contributed by atoms with Gasteiger partial charge in [-0.15, -0.1) is 0 Å². The fourth-order valence-corrected chi connectivity index (χ4v) is 4.92. The van der Waals surface area contributed by atoms with Crippen molar-refractivity contribution in [2.24, 2.45) is 0 Å². The average molecular weight is 378 g/mol. The molecule has 2 aliphatic rings. The number of hydrogen-bond donors (Lipinski definition) is 1. The van der Waals surface area contributed by atoms with E-state index < -0.39 is 10.0 Å². The van der Waals surface area contributed by atoms with Crippen molar-refractivity contribution >= 4 is 10.0 Å². The fourth-order valence-electron chi connectivity index (χ4n) is 3.53. The number of sulfonamides is 1. The van der Waals surface area contributed by atoms with Gasteiger partial charge in [-0.1, -0.05) is 18.2 Å². The maximum atomic E-state index is 14.0. The fraction of sp³-hybridized carbons (Fsp3) is 0.500. The minimum atomic E-state index is -3.16. The van der Waals surface area contributed by atoms with Gasteiger partial charge in [0.1, 0.15) is 5.82 Å². The van der Waals surface area contributed by atoms with Crippen LogP contribution in [0.5, 0.6) is 0 Å². The highest BCUT2D eigenvalue weighted by Crippen LogP contribution is 2.28. The van der Waals surface area contributed by atoms with Gasteiger partial charge in [-0.3, -0.25) is 9.58 Å². The molecule has 1 aromatic heterocycles. The molecule has 1 fully saturated rings. The van der Waals surface area contributed by atoms with E-state index in [0.29, 0.717) is 38.2 Å². The second kappa shape index (κ2) is 7.09. The molecule has 0 bridgehead atoms. The van der Waals surface area contributed by atoms with Gasteiger partial charge in [0, 0.05) is 37.9 Å². The summed E-state index contributed by atoms with van der Waals surface area (Å²) in [6.45, 7) is 2.35. The van der Waals surface area contributed by atoms with E-state index in [1.54, 1.807) is 18.3 Å². The number of aromatic nitrogens is 2. The van der Waals surface area contributed by atoms with Crippen molar-refractivity contribution in [2.75, 3.05) is 13.1 Å². The molecule has 1 atom stereocenters. The van der Waals surface area contributed by atoms with Crippen molar-refractivity contribution < 1.29 is 12.8 Å². The van der Waals surface area contributed by atoms with Crippen molar-refractivity contribution in [1.29, 1.82) is 0 Å². The maximum absolute atomic E-state index is 14.0. The van der Waals surface area contributed by atoms with Gasteiger partial charge in [0.25, 0.3) is 0 Å². The van der Waals surface area contributed by atoms with Crippen LogP contribution in [0.1, 0.15) is 36.6 Å². The highest BCUT2D eigenvalue weighted by Gasteiger charge is 2.35. The number of rotatable bonds is 7. The smallest absolute Gasteiger partial charge is 0.214 e. The lowest BCUT2D eigenvalue weighted by atomic mass is 10.1. The molecule has 1 N–H and O–H groups in total. The van der Waals surface area contributed by atoms with Gasteiger partial charge in [-0.2, -0.15) is 5.10 Å². The predicted octanol–water partition coefficient (Wildman–Crippen LogP) is 2.05. The first-order valence-electron chi connectivity index (χ1n) is 8.99. The molecule has 1 aromatic carbocycles. The quantitative estimate of drug-likeness (QED) is 0.801. The SMILES string of the molecule is O=S(=O)(NCCC1CN(Cc2ccccc2F)Cc2ccnn21)C1CC1. The minimum Gasteiger partial charge on any atom is -0.291 e. The van der Waals surface area contributed by atoms with Crippen molar-refractivity contribution in [1.82, 2.24) is 19.4 Å². The van der Waals surface area contributed by atoms with Crippen LogP contribution in [-0.4, -0.2) is 41.4 Å². The van der Waals surface area contributed by atoms with Crippen molar-refractivity contribution in [2.45, 2.75) is 43.6 Å². The van der Waals surface area contributed by atoms with Gasteiger partial charge in [-0.25, -0.2) is 17.5 Å². The largest absolute Gasteiger partial charge is 0.291 e. The highest BCUT2D eigenvalue weighted by molar-refractivity contribution is 7.90. The summed E-state index contributed by atoms with van der Waals surface area (Å²) in [5, 5.41) is 4.20. The summed E-state index contributed by atoms with van der Waals surface area (Å²) >= 11 is 0. The summed E-state index contributed by atoms with van der Waals surface area (Å²) in [6, 6.07) is 8.86. The van der Waals surface area contributed by atoms with Crippen LogP contribution in [-0.2, 0) is 23.1 Å². The Hall–Kier alpha value is -1.77. The third kappa shape index (κ3) is 3.82. The summed E-state index contributed by atoms with van der Waals surface area (Å²) in [5.74, 6) is -0.194. The first-order chi connectivity index (χ1) is 12.5. The molecule has 0 spiro atoms. The summed E-state index contributed by atoms with van der Waals surface area (Å²) < 4.78 is 42.6. The van der Waals surface area contributed by atoms with Crippen LogP contribution in [0.3, 0.4) is 0 Å². The van der Waals surface area contributed by atoms with Crippen LogP contribution in [0.15, 0.2) is 36.5 Å². The summed E-state index contributed by atoms with van der Waals surface area (Å²) in [5.41, 5.74) is 1.75. The van der Waals surface area contributed by atoms with Gasteiger partial charge >= 0.3 is 0 Å². The summed E-state index contributed by atoms with van der Waals surface area (Å²) in [6.07, 6.45) is 3.95. The van der Waals surface area contributed by atoms with Crippen molar-refractivity contribution in [3.8, 4) is 0 Å². The van der Waals surface area contributed by atoms with Crippen LogP contribution in [0.25, 0.3) is 0 Å². The van der Waals surface area contributed by atoms with E-state index in [1.807, 2.05) is 16.8 Å². The van der Waals surface area contributed by atoms with E-state index in [1.165, 1.54) is 6.07 Å². The molecular weight excluding hydrogens is 355 g/mol. The average Bonchev–Trinajstić information content (AvgIpc) is 3.37. The van der Waals surface area contributed by atoms with Gasteiger partial charge in [0.05, 0.1) is 17.0 Å². The van der Waals surface area contributed by atoms with E-state index in [4.69, 9.17) is 0 Å². The Bertz CT molecular complexity index is 879. The molecule has 1 unspecified atom stereocenters. The molecule has 26 heavy (non-hydrogen) atoms. The zero-order valence-corrected chi connectivity index (χ0v) is 15.3. The Balaban J connectivity index is 1.42. The van der Waals surface area contributed by atoms with Crippen LogP contribution in [0.2, 0.25) is 0 Å². The molecule has 4 rings (SSSR count). The Labute approximate surface area is 153 Å². The van der Waals surface area contributed by atoms with E-state index in [2.05, 4.69) is 14.7 Å². The Morgan fingerprint density at radius 3 is 2.81 bits per heavy atom. The molecule has 1 aliphatic carbocycles. The number of fused-ring (bicyclic) bond motifs is 1. The molecule has 1 saturated carbocycles. The van der Waals surface area contributed by atoms with Gasteiger partial charge < -0.3 is 0 Å². The zero-order chi connectivity index (χ0) is 18.1. The predicted molar refractivity (Wildman–Crippen MR) is 96.3 cm³/mol. The number of benzene rings is 1. The first-order valence-corrected chi connectivity index (χ1v) is 10.5.